The van der Waals surface area contributed by atoms with E-state index >= 15 is 0 Å². The molecule has 0 aliphatic carbocycles. The summed E-state index contributed by atoms with van der Waals surface area (Å²) in [6.45, 7) is 1.85. The fourth-order valence-electron chi connectivity index (χ4n) is 3.47. The van der Waals surface area contributed by atoms with E-state index in [4.69, 9.17) is 14.6 Å². The van der Waals surface area contributed by atoms with Gasteiger partial charge in [0.1, 0.15) is 5.75 Å². The molecule has 0 saturated carbocycles. The van der Waals surface area contributed by atoms with Crippen molar-refractivity contribution in [1.82, 2.24) is 5.01 Å². The molecule has 31 heavy (non-hydrogen) atoms. The molecule has 0 N–H and O–H groups in total. The lowest BCUT2D eigenvalue weighted by Gasteiger charge is -2.24. The van der Waals surface area contributed by atoms with Crippen molar-refractivity contribution in [2.45, 2.75) is 19.4 Å². The summed E-state index contributed by atoms with van der Waals surface area (Å²) in [6.07, 6.45) is 0.554. The standard InChI is InChI=1S/C24H22N2O4S/c1-2-29-23(27)16-30-21-12-7-6-11-18(21)20-15-19(22-13-8-14-31-22)25-26(20)24(28)17-9-4-3-5-10-17/h3-14,20H,2,15-16H2,1H3. The zero-order valence-electron chi connectivity index (χ0n) is 17.1. The number of benzene rings is 2. The summed E-state index contributed by atoms with van der Waals surface area (Å²) in [7, 11) is 0. The molecule has 1 aromatic heterocycles. The predicted octanol–water partition coefficient (Wildman–Crippen LogP) is 4.68. The van der Waals surface area contributed by atoms with E-state index in [9.17, 15) is 9.59 Å². The van der Waals surface area contributed by atoms with Gasteiger partial charge >= 0.3 is 5.97 Å². The number of esters is 1. The van der Waals surface area contributed by atoms with E-state index in [0.29, 0.717) is 24.3 Å². The average molecular weight is 435 g/mol. The molecule has 0 saturated heterocycles. The molecule has 0 radical (unpaired) electrons. The van der Waals surface area contributed by atoms with Crippen LogP contribution < -0.4 is 4.74 Å². The second-order valence-electron chi connectivity index (χ2n) is 6.89. The van der Waals surface area contributed by atoms with Crippen LogP contribution in [0, 0.1) is 0 Å². The third-order valence-electron chi connectivity index (χ3n) is 4.87. The van der Waals surface area contributed by atoms with E-state index in [-0.39, 0.29) is 18.6 Å². The van der Waals surface area contributed by atoms with Crippen molar-refractivity contribution in [2.24, 2.45) is 5.10 Å². The van der Waals surface area contributed by atoms with Crippen molar-refractivity contribution in [2.75, 3.05) is 13.2 Å². The van der Waals surface area contributed by atoms with Crippen molar-refractivity contribution in [1.29, 1.82) is 0 Å². The monoisotopic (exact) mass is 434 g/mol. The van der Waals surface area contributed by atoms with Crippen molar-refractivity contribution in [3.63, 3.8) is 0 Å². The van der Waals surface area contributed by atoms with E-state index in [0.717, 1.165) is 16.2 Å². The Kier molecular flexibility index (Phi) is 6.43. The highest BCUT2D eigenvalue weighted by Crippen LogP contribution is 2.38. The number of carbonyl (C=O) groups excluding carboxylic acids is 2. The maximum absolute atomic E-state index is 13.3. The highest BCUT2D eigenvalue weighted by Gasteiger charge is 2.35. The first-order valence-electron chi connectivity index (χ1n) is 10.0. The molecule has 2 aromatic carbocycles. The molecule has 1 amide bonds. The normalized spacial score (nSPS) is 15.5. The number of ether oxygens (including phenoxy) is 2. The first-order valence-corrected chi connectivity index (χ1v) is 10.9. The topological polar surface area (TPSA) is 68.2 Å². The summed E-state index contributed by atoms with van der Waals surface area (Å²) in [6, 6.07) is 20.1. The molecule has 6 nitrogen and oxygen atoms in total. The van der Waals surface area contributed by atoms with Gasteiger partial charge < -0.3 is 9.47 Å². The number of thiophene rings is 1. The molecular formula is C24H22N2O4S. The van der Waals surface area contributed by atoms with Gasteiger partial charge in [-0.15, -0.1) is 11.3 Å². The first-order chi connectivity index (χ1) is 15.2. The van der Waals surface area contributed by atoms with Crippen LogP contribution >= 0.6 is 11.3 Å². The van der Waals surface area contributed by atoms with Crippen LogP contribution in [-0.4, -0.2) is 35.8 Å². The number of para-hydroxylation sites is 1. The van der Waals surface area contributed by atoms with Crippen molar-refractivity contribution in [3.8, 4) is 5.75 Å². The van der Waals surface area contributed by atoms with Crippen LogP contribution in [0.25, 0.3) is 0 Å². The lowest BCUT2D eigenvalue weighted by molar-refractivity contribution is -0.145. The smallest absolute Gasteiger partial charge is 0.344 e. The molecule has 0 bridgehead atoms. The molecule has 1 aliphatic rings. The van der Waals surface area contributed by atoms with E-state index in [2.05, 4.69) is 0 Å². The van der Waals surface area contributed by atoms with Crippen LogP contribution in [0.4, 0.5) is 0 Å². The highest BCUT2D eigenvalue weighted by atomic mass is 32.1. The molecule has 1 aliphatic heterocycles. The summed E-state index contributed by atoms with van der Waals surface area (Å²) < 4.78 is 10.7. The molecule has 1 atom stereocenters. The number of nitrogens with zero attached hydrogens (tertiary/aromatic N) is 2. The average Bonchev–Trinajstić information content (AvgIpc) is 3.48. The molecule has 0 fully saturated rings. The van der Waals surface area contributed by atoms with E-state index in [1.54, 1.807) is 36.5 Å². The van der Waals surface area contributed by atoms with Crippen molar-refractivity contribution in [3.05, 3.63) is 88.1 Å². The summed E-state index contributed by atoms with van der Waals surface area (Å²) in [5.41, 5.74) is 2.21. The summed E-state index contributed by atoms with van der Waals surface area (Å²) >= 11 is 1.59. The van der Waals surface area contributed by atoms with Crippen LogP contribution in [0.2, 0.25) is 0 Å². The van der Waals surface area contributed by atoms with E-state index in [1.165, 1.54) is 5.01 Å². The van der Waals surface area contributed by atoms with Gasteiger partial charge in [0.15, 0.2) is 6.61 Å². The van der Waals surface area contributed by atoms with Crippen LogP contribution in [0.15, 0.2) is 77.2 Å². The van der Waals surface area contributed by atoms with Gasteiger partial charge in [0.25, 0.3) is 5.91 Å². The van der Waals surface area contributed by atoms with E-state index < -0.39 is 5.97 Å². The van der Waals surface area contributed by atoms with Gasteiger partial charge in [-0.25, -0.2) is 9.80 Å². The Morgan fingerprint density at radius 2 is 1.84 bits per heavy atom. The third-order valence-corrected chi connectivity index (χ3v) is 5.79. The van der Waals surface area contributed by atoms with Crippen LogP contribution in [-0.2, 0) is 9.53 Å². The van der Waals surface area contributed by atoms with Crippen molar-refractivity contribution >= 4 is 28.9 Å². The predicted molar refractivity (Wildman–Crippen MR) is 119 cm³/mol. The lowest BCUT2D eigenvalue weighted by atomic mass is 9.99. The number of amides is 1. The van der Waals surface area contributed by atoms with Crippen LogP contribution in [0.1, 0.15) is 40.2 Å². The zero-order chi connectivity index (χ0) is 21.6. The summed E-state index contributed by atoms with van der Waals surface area (Å²) in [5, 5.41) is 8.21. The minimum atomic E-state index is -0.434. The van der Waals surface area contributed by atoms with Gasteiger partial charge in [-0.1, -0.05) is 42.5 Å². The fraction of sp³-hybridized carbons (Fsp3) is 0.208. The Hall–Kier alpha value is -3.45. The van der Waals surface area contributed by atoms with Crippen LogP contribution in [0.3, 0.4) is 0 Å². The molecular weight excluding hydrogens is 412 g/mol. The molecule has 1 unspecified atom stereocenters. The van der Waals surface area contributed by atoms with Crippen molar-refractivity contribution < 1.29 is 19.1 Å². The maximum Gasteiger partial charge on any atom is 0.344 e. The minimum Gasteiger partial charge on any atom is -0.482 e. The number of hydrazone groups is 1. The van der Waals surface area contributed by atoms with Crippen LogP contribution in [0.5, 0.6) is 5.75 Å². The maximum atomic E-state index is 13.3. The van der Waals surface area contributed by atoms with E-state index in [1.807, 2.05) is 53.9 Å². The quantitative estimate of drug-likeness (QED) is 0.506. The second kappa shape index (κ2) is 9.57. The fourth-order valence-corrected chi connectivity index (χ4v) is 4.19. The Morgan fingerprint density at radius 3 is 2.58 bits per heavy atom. The molecule has 2 heterocycles. The van der Waals surface area contributed by atoms with Gasteiger partial charge in [-0.3, -0.25) is 4.79 Å². The third kappa shape index (κ3) is 4.67. The number of hydrogen-bond acceptors (Lipinski definition) is 6. The molecule has 4 rings (SSSR count). The first kappa shape index (κ1) is 20.8. The van der Waals surface area contributed by atoms with Gasteiger partial charge in [-0.05, 0) is 36.6 Å². The Balaban J connectivity index is 1.66. The second-order valence-corrected chi connectivity index (χ2v) is 7.84. The number of hydrogen-bond donors (Lipinski definition) is 0. The Morgan fingerprint density at radius 1 is 1.06 bits per heavy atom. The number of carbonyl (C=O) groups is 2. The van der Waals surface area contributed by atoms with Gasteiger partial charge in [0.05, 0.1) is 23.2 Å². The van der Waals surface area contributed by atoms with Gasteiger partial charge in [0.2, 0.25) is 0 Å². The summed E-state index contributed by atoms with van der Waals surface area (Å²) in [5.74, 6) is -0.0807. The largest absolute Gasteiger partial charge is 0.482 e. The molecule has 3 aromatic rings. The SMILES string of the molecule is CCOC(=O)COc1ccccc1C1CC(c2cccs2)=NN1C(=O)c1ccccc1. The zero-order valence-corrected chi connectivity index (χ0v) is 17.9. The Bertz CT molecular complexity index is 1080. The highest BCUT2D eigenvalue weighted by molar-refractivity contribution is 7.12. The molecule has 7 heteroatoms. The lowest BCUT2D eigenvalue weighted by Crippen LogP contribution is -2.27. The van der Waals surface area contributed by atoms with Gasteiger partial charge in [-0.2, -0.15) is 5.10 Å². The minimum absolute atomic E-state index is 0.183. The molecule has 158 valence electrons. The Labute approximate surface area is 184 Å². The van der Waals surface area contributed by atoms with Gasteiger partial charge in [0, 0.05) is 17.5 Å². The number of rotatable bonds is 7. The summed E-state index contributed by atoms with van der Waals surface area (Å²) in [4.78, 5) is 26.1. The molecule has 0 spiro atoms.